The first-order valence-corrected chi connectivity index (χ1v) is 11.9. The molecule has 2 aromatic heterocycles. The Bertz CT molecular complexity index is 1410. The van der Waals surface area contributed by atoms with E-state index in [1.165, 1.54) is 7.11 Å². The van der Waals surface area contributed by atoms with Gasteiger partial charge in [-0.2, -0.15) is 0 Å². The number of carbonyl (C=O) groups excluding carboxylic acids is 2. The van der Waals surface area contributed by atoms with Gasteiger partial charge in [-0.3, -0.25) is 4.79 Å². The van der Waals surface area contributed by atoms with Crippen molar-refractivity contribution in [3.63, 3.8) is 0 Å². The minimum absolute atomic E-state index is 0.0252. The van der Waals surface area contributed by atoms with Crippen LogP contribution >= 0.6 is 0 Å². The molecule has 0 radical (unpaired) electrons. The van der Waals surface area contributed by atoms with Crippen molar-refractivity contribution < 1.29 is 19.1 Å². The number of amides is 1. The van der Waals surface area contributed by atoms with Crippen molar-refractivity contribution in [3.05, 3.63) is 83.7 Å². The standard InChI is InChI=1S/C28H28N4O4/c1-35-23-11-7-6-10-20(23)15-29-21-14-22-24(31-27(33)19-12-13-19)25(28(34)36-2)32(26(22)30-16-21)17-18-8-4-3-5-9-18/h3-11,14,16,19,29H,12-13,15,17H2,1-2H3,(H,31,33). The predicted octanol–water partition coefficient (Wildman–Crippen LogP) is 4.84. The van der Waals surface area contributed by atoms with E-state index >= 15 is 0 Å². The largest absolute Gasteiger partial charge is 0.496 e. The normalized spacial score (nSPS) is 12.8. The summed E-state index contributed by atoms with van der Waals surface area (Å²) >= 11 is 0. The molecule has 0 aliphatic heterocycles. The zero-order chi connectivity index (χ0) is 25.1. The van der Waals surface area contributed by atoms with Crippen LogP contribution in [-0.4, -0.2) is 35.6 Å². The lowest BCUT2D eigenvalue weighted by molar-refractivity contribution is -0.117. The lowest BCUT2D eigenvalue weighted by atomic mass is 10.2. The highest BCUT2D eigenvalue weighted by Crippen LogP contribution is 2.36. The number of hydrogen-bond acceptors (Lipinski definition) is 6. The fourth-order valence-electron chi connectivity index (χ4n) is 4.29. The van der Waals surface area contributed by atoms with Gasteiger partial charge in [-0.05, 0) is 30.5 Å². The van der Waals surface area contributed by atoms with E-state index in [0.29, 0.717) is 29.8 Å². The van der Waals surface area contributed by atoms with Gasteiger partial charge in [0.05, 0.1) is 31.8 Å². The number of para-hydroxylation sites is 1. The summed E-state index contributed by atoms with van der Waals surface area (Å²) in [5, 5.41) is 7.06. The van der Waals surface area contributed by atoms with E-state index in [9.17, 15) is 9.59 Å². The number of fused-ring (bicyclic) bond motifs is 1. The van der Waals surface area contributed by atoms with Crippen LogP contribution in [0.15, 0.2) is 66.9 Å². The summed E-state index contributed by atoms with van der Waals surface area (Å²) in [6.07, 6.45) is 3.44. The smallest absolute Gasteiger partial charge is 0.356 e. The molecule has 8 heteroatoms. The number of pyridine rings is 1. The van der Waals surface area contributed by atoms with Gasteiger partial charge >= 0.3 is 5.97 Å². The zero-order valence-corrected chi connectivity index (χ0v) is 20.3. The third-order valence-corrected chi connectivity index (χ3v) is 6.33. The van der Waals surface area contributed by atoms with Gasteiger partial charge in [-0.25, -0.2) is 9.78 Å². The van der Waals surface area contributed by atoms with Crippen molar-refractivity contribution in [2.24, 2.45) is 5.92 Å². The summed E-state index contributed by atoms with van der Waals surface area (Å²) in [7, 11) is 2.98. The molecule has 184 valence electrons. The Morgan fingerprint density at radius 3 is 2.53 bits per heavy atom. The van der Waals surface area contributed by atoms with Crippen LogP contribution in [0.25, 0.3) is 11.0 Å². The van der Waals surface area contributed by atoms with Crippen LogP contribution in [0.3, 0.4) is 0 Å². The van der Waals surface area contributed by atoms with Crippen molar-refractivity contribution in [1.82, 2.24) is 9.55 Å². The maximum absolute atomic E-state index is 13.0. The average molecular weight is 485 g/mol. The first-order valence-electron chi connectivity index (χ1n) is 11.9. The van der Waals surface area contributed by atoms with E-state index in [0.717, 1.165) is 35.4 Å². The fraction of sp³-hybridized carbons (Fsp3) is 0.250. The number of methoxy groups -OCH3 is 2. The van der Waals surface area contributed by atoms with Crippen LogP contribution in [0, 0.1) is 5.92 Å². The number of nitrogens with one attached hydrogen (secondary N) is 2. The highest BCUT2D eigenvalue weighted by atomic mass is 16.5. The molecule has 1 saturated carbocycles. The molecule has 36 heavy (non-hydrogen) atoms. The van der Waals surface area contributed by atoms with Gasteiger partial charge in [-0.15, -0.1) is 0 Å². The SMILES string of the molecule is COC(=O)c1c(NC(=O)C2CC2)c2cc(NCc3ccccc3OC)cnc2n1Cc1ccccc1. The van der Waals surface area contributed by atoms with E-state index in [4.69, 9.17) is 14.5 Å². The summed E-state index contributed by atoms with van der Waals surface area (Å²) in [5.74, 6) is 0.145. The van der Waals surface area contributed by atoms with Crippen molar-refractivity contribution in [2.45, 2.75) is 25.9 Å². The number of hydrogen-bond donors (Lipinski definition) is 2. The van der Waals surface area contributed by atoms with Crippen molar-refractivity contribution >= 4 is 34.3 Å². The molecular formula is C28H28N4O4. The number of esters is 1. The Kier molecular flexibility index (Phi) is 6.58. The molecule has 1 aliphatic carbocycles. The Morgan fingerprint density at radius 2 is 1.81 bits per heavy atom. The third-order valence-electron chi connectivity index (χ3n) is 6.33. The molecule has 0 bridgehead atoms. The number of ether oxygens (including phenoxy) is 2. The van der Waals surface area contributed by atoms with E-state index in [1.54, 1.807) is 13.3 Å². The molecule has 0 atom stereocenters. The minimum Gasteiger partial charge on any atom is -0.496 e. The van der Waals surface area contributed by atoms with Crippen LogP contribution < -0.4 is 15.4 Å². The molecule has 2 aromatic carbocycles. The molecule has 1 aliphatic rings. The highest BCUT2D eigenvalue weighted by Gasteiger charge is 2.33. The van der Waals surface area contributed by atoms with Crippen LogP contribution in [0.4, 0.5) is 11.4 Å². The van der Waals surface area contributed by atoms with Gasteiger partial charge in [-0.1, -0.05) is 48.5 Å². The summed E-state index contributed by atoms with van der Waals surface area (Å²) in [6, 6.07) is 19.5. The van der Waals surface area contributed by atoms with Gasteiger partial charge in [0.1, 0.15) is 11.4 Å². The molecule has 0 saturated heterocycles. The topological polar surface area (TPSA) is 94.5 Å². The number of aromatic nitrogens is 2. The van der Waals surface area contributed by atoms with Crippen molar-refractivity contribution in [2.75, 3.05) is 24.9 Å². The Morgan fingerprint density at radius 1 is 1.06 bits per heavy atom. The molecule has 4 aromatic rings. The van der Waals surface area contributed by atoms with Gasteiger partial charge in [0.15, 0.2) is 5.69 Å². The summed E-state index contributed by atoms with van der Waals surface area (Å²) in [5.41, 5.74) is 4.05. The molecule has 8 nitrogen and oxygen atoms in total. The second-order valence-electron chi connectivity index (χ2n) is 8.81. The average Bonchev–Trinajstić information content (AvgIpc) is 3.73. The van der Waals surface area contributed by atoms with Crippen LogP contribution in [-0.2, 0) is 22.6 Å². The molecule has 2 heterocycles. The van der Waals surface area contributed by atoms with Crippen LogP contribution in [0.5, 0.6) is 5.75 Å². The van der Waals surface area contributed by atoms with Crippen LogP contribution in [0.1, 0.15) is 34.5 Å². The van der Waals surface area contributed by atoms with Gasteiger partial charge < -0.3 is 24.7 Å². The van der Waals surface area contributed by atoms with Gasteiger partial charge in [0.2, 0.25) is 5.91 Å². The summed E-state index contributed by atoms with van der Waals surface area (Å²) in [4.78, 5) is 30.5. The summed E-state index contributed by atoms with van der Waals surface area (Å²) in [6.45, 7) is 0.928. The highest BCUT2D eigenvalue weighted by molar-refractivity contribution is 6.11. The number of carbonyl (C=O) groups is 2. The monoisotopic (exact) mass is 484 g/mol. The molecule has 2 N–H and O–H groups in total. The molecule has 1 fully saturated rings. The molecule has 1 amide bonds. The molecular weight excluding hydrogens is 456 g/mol. The maximum atomic E-state index is 13.0. The molecule has 0 spiro atoms. The van der Waals surface area contributed by atoms with E-state index in [-0.39, 0.29) is 17.5 Å². The van der Waals surface area contributed by atoms with Gasteiger partial charge in [0.25, 0.3) is 0 Å². The second kappa shape index (κ2) is 10.1. The van der Waals surface area contributed by atoms with Gasteiger partial charge in [0, 0.05) is 30.0 Å². The minimum atomic E-state index is -0.529. The van der Waals surface area contributed by atoms with Crippen LogP contribution in [0.2, 0.25) is 0 Å². The van der Waals surface area contributed by atoms with E-state index in [1.807, 2.05) is 65.2 Å². The Labute approximate surface area is 209 Å². The molecule has 5 rings (SSSR count). The third kappa shape index (κ3) is 4.75. The summed E-state index contributed by atoms with van der Waals surface area (Å²) < 4.78 is 12.4. The first-order chi connectivity index (χ1) is 17.6. The number of rotatable bonds is 9. The lowest BCUT2D eigenvalue weighted by Gasteiger charge is -2.11. The molecule has 0 unspecified atom stereocenters. The number of nitrogens with zero attached hydrogens (tertiary/aromatic N) is 2. The quantitative estimate of drug-likeness (QED) is 0.330. The van der Waals surface area contributed by atoms with Crippen molar-refractivity contribution in [3.8, 4) is 5.75 Å². The Balaban J connectivity index is 1.58. The van der Waals surface area contributed by atoms with Crippen molar-refractivity contribution in [1.29, 1.82) is 0 Å². The Hall–Kier alpha value is -4.33. The van der Waals surface area contributed by atoms with E-state index in [2.05, 4.69) is 10.6 Å². The predicted molar refractivity (Wildman–Crippen MR) is 138 cm³/mol. The maximum Gasteiger partial charge on any atom is 0.356 e. The fourth-order valence-corrected chi connectivity index (χ4v) is 4.29. The number of anilines is 2. The lowest BCUT2D eigenvalue weighted by Crippen LogP contribution is -2.18. The second-order valence-corrected chi connectivity index (χ2v) is 8.81. The van der Waals surface area contributed by atoms with E-state index < -0.39 is 5.97 Å². The zero-order valence-electron chi connectivity index (χ0n) is 20.3. The first kappa shape index (κ1) is 23.4. The number of benzene rings is 2.